The van der Waals surface area contributed by atoms with Crippen LogP contribution in [0.5, 0.6) is 0 Å². The fraction of sp³-hybridized carbons (Fsp3) is 0.583. The van der Waals surface area contributed by atoms with Crippen LogP contribution in [0.25, 0.3) is 0 Å². The summed E-state index contributed by atoms with van der Waals surface area (Å²) in [5.41, 5.74) is 6.21. The minimum atomic E-state index is 0.321. The molecule has 0 spiro atoms. The first-order valence-corrected chi connectivity index (χ1v) is 7.47. The van der Waals surface area contributed by atoms with E-state index in [2.05, 4.69) is 20.9 Å². The van der Waals surface area contributed by atoms with E-state index in [1.165, 1.54) is 25.7 Å². The lowest BCUT2D eigenvalue weighted by atomic mass is 10.1. The lowest BCUT2D eigenvalue weighted by molar-refractivity contribution is 0.596. The Morgan fingerprint density at radius 2 is 2.12 bits per heavy atom. The van der Waals surface area contributed by atoms with Gasteiger partial charge in [-0.05, 0) is 40.9 Å². The molecular weight excluding hydrogens is 284 g/mol. The number of pyridine rings is 1. The highest BCUT2D eigenvalue weighted by atomic mass is 79.9. The smallest absolute Gasteiger partial charge is 0.110 e. The van der Waals surface area contributed by atoms with Crippen molar-refractivity contribution >= 4 is 27.7 Å². The summed E-state index contributed by atoms with van der Waals surface area (Å²) in [5, 5.41) is 1.60. The highest BCUT2D eigenvalue weighted by Crippen LogP contribution is 2.34. The summed E-state index contributed by atoms with van der Waals surface area (Å²) >= 11 is 5.37. The molecule has 1 heterocycles. The quantitative estimate of drug-likeness (QED) is 0.848. The van der Waals surface area contributed by atoms with E-state index in [1.54, 1.807) is 0 Å². The van der Waals surface area contributed by atoms with E-state index in [1.807, 2.05) is 30.1 Å². The summed E-state index contributed by atoms with van der Waals surface area (Å²) in [5.74, 6) is 0. The van der Waals surface area contributed by atoms with Gasteiger partial charge in [0.2, 0.25) is 0 Å². The van der Waals surface area contributed by atoms with E-state index in [9.17, 15) is 0 Å². The fourth-order valence-corrected chi connectivity index (χ4v) is 3.77. The molecule has 0 amide bonds. The molecule has 0 aliphatic heterocycles. The van der Waals surface area contributed by atoms with Gasteiger partial charge < -0.3 is 5.73 Å². The van der Waals surface area contributed by atoms with Crippen LogP contribution in [0, 0.1) is 0 Å². The minimum Gasteiger partial charge on any atom is -0.327 e. The zero-order valence-electron chi connectivity index (χ0n) is 9.23. The largest absolute Gasteiger partial charge is 0.327 e. The number of thioether (sulfide) groups is 1. The second-order valence-electron chi connectivity index (χ2n) is 4.25. The lowest BCUT2D eigenvalue weighted by Gasteiger charge is -2.20. The van der Waals surface area contributed by atoms with Crippen LogP contribution >= 0.6 is 27.7 Å². The van der Waals surface area contributed by atoms with Gasteiger partial charge in [0.25, 0.3) is 0 Å². The molecule has 2 nitrogen and oxygen atoms in total. The SMILES string of the molecule is NC1CCCCCC1Sc1ncccc1Br. The van der Waals surface area contributed by atoms with Gasteiger partial charge in [-0.15, -0.1) is 11.8 Å². The maximum atomic E-state index is 6.21. The third-order valence-electron chi connectivity index (χ3n) is 2.99. The topological polar surface area (TPSA) is 38.9 Å². The molecule has 88 valence electrons. The molecule has 1 aromatic heterocycles. The van der Waals surface area contributed by atoms with Gasteiger partial charge in [-0.3, -0.25) is 0 Å². The van der Waals surface area contributed by atoms with E-state index in [0.717, 1.165) is 15.9 Å². The van der Waals surface area contributed by atoms with Crippen LogP contribution in [0.4, 0.5) is 0 Å². The predicted octanol–water partition coefficient (Wildman–Crippen LogP) is 3.60. The van der Waals surface area contributed by atoms with Crippen molar-refractivity contribution in [3.8, 4) is 0 Å². The van der Waals surface area contributed by atoms with Crippen molar-refractivity contribution in [3.63, 3.8) is 0 Å². The first kappa shape index (κ1) is 12.4. The molecule has 1 aliphatic rings. The average molecular weight is 301 g/mol. The van der Waals surface area contributed by atoms with Crippen molar-refractivity contribution in [1.82, 2.24) is 4.98 Å². The van der Waals surface area contributed by atoms with Gasteiger partial charge in [0.15, 0.2) is 0 Å². The normalized spacial score (nSPS) is 26.4. The van der Waals surface area contributed by atoms with E-state index in [-0.39, 0.29) is 0 Å². The van der Waals surface area contributed by atoms with Gasteiger partial charge in [0.05, 0.1) is 0 Å². The lowest BCUT2D eigenvalue weighted by Crippen LogP contribution is -2.31. The zero-order chi connectivity index (χ0) is 11.4. The molecule has 0 aromatic carbocycles. The van der Waals surface area contributed by atoms with Gasteiger partial charge in [-0.2, -0.15) is 0 Å². The van der Waals surface area contributed by atoms with Crippen molar-refractivity contribution < 1.29 is 0 Å². The van der Waals surface area contributed by atoms with Crippen LogP contribution < -0.4 is 5.73 Å². The third kappa shape index (κ3) is 3.22. The van der Waals surface area contributed by atoms with E-state index >= 15 is 0 Å². The fourth-order valence-electron chi connectivity index (χ4n) is 2.05. The number of halogens is 1. The Hall–Kier alpha value is -0.0600. The second-order valence-corrected chi connectivity index (χ2v) is 6.33. The molecule has 0 saturated heterocycles. The predicted molar refractivity (Wildman–Crippen MR) is 72.6 cm³/mol. The number of nitrogens with two attached hydrogens (primary N) is 1. The van der Waals surface area contributed by atoms with Crippen molar-refractivity contribution in [2.45, 2.75) is 48.4 Å². The standard InChI is InChI=1S/C12H17BrN2S/c13-9-5-4-8-15-12(9)16-11-7-3-1-2-6-10(11)14/h4-5,8,10-11H,1-3,6-7,14H2. The first-order valence-electron chi connectivity index (χ1n) is 5.80. The van der Waals surface area contributed by atoms with Gasteiger partial charge in [0.1, 0.15) is 5.03 Å². The first-order chi connectivity index (χ1) is 7.77. The average Bonchev–Trinajstić information content (AvgIpc) is 2.48. The molecule has 2 N–H and O–H groups in total. The van der Waals surface area contributed by atoms with E-state index in [4.69, 9.17) is 5.73 Å². The molecule has 1 aliphatic carbocycles. The maximum absolute atomic E-state index is 6.21. The van der Waals surface area contributed by atoms with Crippen LogP contribution in [0.2, 0.25) is 0 Å². The number of aromatic nitrogens is 1. The number of rotatable bonds is 2. The summed E-state index contributed by atoms with van der Waals surface area (Å²) in [6, 6.07) is 4.31. The molecule has 0 bridgehead atoms. The van der Waals surface area contributed by atoms with Crippen molar-refractivity contribution in [1.29, 1.82) is 0 Å². The monoisotopic (exact) mass is 300 g/mol. The summed E-state index contributed by atoms with van der Waals surface area (Å²) in [4.78, 5) is 4.40. The number of hydrogen-bond donors (Lipinski definition) is 1. The number of nitrogens with zero attached hydrogens (tertiary/aromatic N) is 1. The maximum Gasteiger partial charge on any atom is 0.110 e. The highest BCUT2D eigenvalue weighted by Gasteiger charge is 2.22. The van der Waals surface area contributed by atoms with Crippen LogP contribution in [0.1, 0.15) is 32.1 Å². The van der Waals surface area contributed by atoms with Gasteiger partial charge in [-0.1, -0.05) is 19.3 Å². The summed E-state index contributed by atoms with van der Waals surface area (Å²) < 4.78 is 1.08. The Bertz CT molecular complexity index is 346. The Labute approximate surface area is 110 Å². The molecule has 4 heteroatoms. The third-order valence-corrected chi connectivity index (χ3v) is 5.33. The van der Waals surface area contributed by atoms with Crippen LogP contribution in [0.15, 0.2) is 27.8 Å². The van der Waals surface area contributed by atoms with E-state index in [0.29, 0.717) is 11.3 Å². The minimum absolute atomic E-state index is 0.321. The molecule has 1 aromatic rings. The molecule has 16 heavy (non-hydrogen) atoms. The molecule has 0 radical (unpaired) electrons. The van der Waals surface area contributed by atoms with E-state index < -0.39 is 0 Å². The molecule has 2 rings (SSSR count). The Balaban J connectivity index is 2.05. The summed E-state index contributed by atoms with van der Waals surface area (Å²) in [6.45, 7) is 0. The molecule has 1 fully saturated rings. The van der Waals surface area contributed by atoms with Crippen molar-refractivity contribution in [3.05, 3.63) is 22.8 Å². The summed E-state index contributed by atoms with van der Waals surface area (Å²) in [6.07, 6.45) is 8.12. The van der Waals surface area contributed by atoms with Gasteiger partial charge in [0, 0.05) is 22.0 Å². The van der Waals surface area contributed by atoms with Gasteiger partial charge in [-0.25, -0.2) is 4.98 Å². The van der Waals surface area contributed by atoms with Gasteiger partial charge >= 0.3 is 0 Å². The second kappa shape index (κ2) is 6.03. The molecule has 2 atom stereocenters. The zero-order valence-corrected chi connectivity index (χ0v) is 11.6. The highest BCUT2D eigenvalue weighted by molar-refractivity contribution is 9.10. The Morgan fingerprint density at radius 1 is 1.31 bits per heavy atom. The number of hydrogen-bond acceptors (Lipinski definition) is 3. The Morgan fingerprint density at radius 3 is 2.94 bits per heavy atom. The molecular formula is C12H17BrN2S. The van der Waals surface area contributed by atoms with Crippen LogP contribution in [-0.4, -0.2) is 16.3 Å². The summed E-state index contributed by atoms with van der Waals surface area (Å²) in [7, 11) is 0. The molecule has 1 saturated carbocycles. The Kier molecular flexibility index (Phi) is 4.67. The van der Waals surface area contributed by atoms with Crippen LogP contribution in [0.3, 0.4) is 0 Å². The molecule has 2 unspecified atom stereocenters. The van der Waals surface area contributed by atoms with Crippen LogP contribution in [-0.2, 0) is 0 Å². The van der Waals surface area contributed by atoms with Crippen molar-refractivity contribution in [2.24, 2.45) is 5.73 Å². The van der Waals surface area contributed by atoms with Crippen molar-refractivity contribution in [2.75, 3.05) is 0 Å².